The molecule has 108 valence electrons. The first-order chi connectivity index (χ1) is 9.43. The van der Waals surface area contributed by atoms with Gasteiger partial charge in [-0.3, -0.25) is 4.72 Å². The Balaban J connectivity index is 2.39. The standard InChI is InChI=1S/C13H16N2O4S/c1-3-19-13(16)11-8-14-20(17,18)15-12(11)10-6-4-9(2)5-7-10/h4-8,12,14-15H,3H2,1-2H3. The molecule has 0 radical (unpaired) electrons. The van der Waals surface area contributed by atoms with Crippen LogP contribution in [0, 0.1) is 6.92 Å². The van der Waals surface area contributed by atoms with E-state index in [9.17, 15) is 13.2 Å². The van der Waals surface area contributed by atoms with Gasteiger partial charge in [-0.15, -0.1) is 0 Å². The van der Waals surface area contributed by atoms with Crippen LogP contribution < -0.4 is 9.44 Å². The maximum atomic E-state index is 11.9. The fourth-order valence-electron chi connectivity index (χ4n) is 1.87. The third-order valence-electron chi connectivity index (χ3n) is 2.88. The number of rotatable bonds is 3. The highest BCUT2D eigenvalue weighted by atomic mass is 32.2. The van der Waals surface area contributed by atoms with Crippen molar-refractivity contribution >= 4 is 16.2 Å². The van der Waals surface area contributed by atoms with Gasteiger partial charge in [0.15, 0.2) is 0 Å². The summed E-state index contributed by atoms with van der Waals surface area (Å²) in [5.41, 5.74) is 1.96. The normalized spacial score (nSPS) is 20.7. The lowest BCUT2D eigenvalue weighted by Crippen LogP contribution is -2.43. The van der Waals surface area contributed by atoms with E-state index < -0.39 is 22.2 Å². The number of carbonyl (C=O) groups excluding carboxylic acids is 1. The Morgan fingerprint density at radius 2 is 1.95 bits per heavy atom. The van der Waals surface area contributed by atoms with E-state index in [2.05, 4.69) is 9.44 Å². The molecular formula is C13H16N2O4S. The monoisotopic (exact) mass is 296 g/mol. The molecule has 0 saturated carbocycles. The van der Waals surface area contributed by atoms with E-state index in [0.717, 1.165) is 5.56 Å². The number of nitrogens with one attached hydrogen (secondary N) is 2. The molecule has 6 nitrogen and oxygen atoms in total. The Morgan fingerprint density at radius 3 is 2.55 bits per heavy atom. The van der Waals surface area contributed by atoms with Gasteiger partial charge in [-0.1, -0.05) is 29.8 Å². The van der Waals surface area contributed by atoms with Crippen molar-refractivity contribution in [2.45, 2.75) is 19.9 Å². The van der Waals surface area contributed by atoms with Crippen molar-refractivity contribution in [1.29, 1.82) is 0 Å². The van der Waals surface area contributed by atoms with Crippen LogP contribution in [-0.4, -0.2) is 21.0 Å². The van der Waals surface area contributed by atoms with Crippen LogP contribution in [0.4, 0.5) is 0 Å². The molecule has 0 aromatic heterocycles. The van der Waals surface area contributed by atoms with Gasteiger partial charge in [0.2, 0.25) is 0 Å². The fourth-order valence-corrected chi connectivity index (χ4v) is 2.80. The maximum Gasteiger partial charge on any atom is 0.337 e. The van der Waals surface area contributed by atoms with Gasteiger partial charge < -0.3 is 4.74 Å². The van der Waals surface area contributed by atoms with Crippen molar-refractivity contribution in [3.8, 4) is 0 Å². The quantitative estimate of drug-likeness (QED) is 0.812. The predicted molar refractivity (Wildman–Crippen MR) is 73.8 cm³/mol. The first-order valence-electron chi connectivity index (χ1n) is 6.16. The van der Waals surface area contributed by atoms with Crippen molar-refractivity contribution in [3.05, 3.63) is 47.2 Å². The number of ether oxygens (including phenoxy) is 1. The van der Waals surface area contributed by atoms with E-state index in [1.807, 2.05) is 19.1 Å². The Labute approximate surface area is 118 Å². The van der Waals surface area contributed by atoms with Gasteiger partial charge in [0.05, 0.1) is 18.2 Å². The van der Waals surface area contributed by atoms with Crippen molar-refractivity contribution in [2.24, 2.45) is 0 Å². The zero-order chi connectivity index (χ0) is 14.8. The summed E-state index contributed by atoms with van der Waals surface area (Å²) in [6.07, 6.45) is 1.17. The summed E-state index contributed by atoms with van der Waals surface area (Å²) in [6, 6.07) is 6.52. The minimum absolute atomic E-state index is 0.226. The predicted octanol–water partition coefficient (Wildman–Crippen LogP) is 0.921. The van der Waals surface area contributed by atoms with Crippen LogP contribution in [0.1, 0.15) is 24.1 Å². The lowest BCUT2D eigenvalue weighted by atomic mass is 9.99. The summed E-state index contributed by atoms with van der Waals surface area (Å²) in [7, 11) is -3.66. The zero-order valence-electron chi connectivity index (χ0n) is 11.2. The summed E-state index contributed by atoms with van der Waals surface area (Å²) in [6.45, 7) is 3.85. The number of carbonyl (C=O) groups is 1. The van der Waals surface area contributed by atoms with Crippen molar-refractivity contribution in [2.75, 3.05) is 6.61 Å². The van der Waals surface area contributed by atoms with Crippen molar-refractivity contribution in [1.82, 2.24) is 9.44 Å². The third-order valence-corrected chi connectivity index (χ3v) is 3.85. The highest BCUT2D eigenvalue weighted by Crippen LogP contribution is 2.26. The van der Waals surface area contributed by atoms with Gasteiger partial charge in [-0.25, -0.2) is 4.79 Å². The second-order valence-electron chi connectivity index (χ2n) is 4.40. The van der Waals surface area contributed by atoms with Crippen LogP contribution in [0.2, 0.25) is 0 Å². The molecule has 1 aromatic rings. The molecule has 1 aliphatic rings. The number of hydrogen-bond donors (Lipinski definition) is 2. The minimum Gasteiger partial charge on any atom is -0.463 e. The van der Waals surface area contributed by atoms with E-state index in [0.29, 0.717) is 5.56 Å². The average Bonchev–Trinajstić information content (AvgIpc) is 2.38. The Hall–Kier alpha value is -1.86. The molecule has 2 rings (SSSR count). The molecule has 0 amide bonds. The molecule has 0 spiro atoms. The Kier molecular flexibility index (Phi) is 4.10. The van der Waals surface area contributed by atoms with Crippen molar-refractivity contribution < 1.29 is 17.9 Å². The molecule has 20 heavy (non-hydrogen) atoms. The molecule has 1 unspecified atom stereocenters. The molecule has 2 N–H and O–H groups in total. The Bertz CT molecular complexity index is 635. The number of aryl methyl sites for hydroxylation is 1. The molecule has 1 heterocycles. The highest BCUT2D eigenvalue weighted by molar-refractivity contribution is 7.87. The molecule has 0 saturated heterocycles. The van der Waals surface area contributed by atoms with Crippen LogP contribution in [0.5, 0.6) is 0 Å². The summed E-state index contributed by atoms with van der Waals surface area (Å²) < 4.78 is 32.7. The molecule has 1 aromatic carbocycles. The molecule has 0 aliphatic carbocycles. The molecule has 1 aliphatic heterocycles. The van der Waals surface area contributed by atoms with E-state index in [-0.39, 0.29) is 12.2 Å². The SMILES string of the molecule is CCOC(=O)C1=CNS(=O)(=O)NC1c1ccc(C)cc1. The zero-order valence-corrected chi connectivity index (χ0v) is 12.0. The first kappa shape index (κ1) is 14.5. The number of hydrogen-bond acceptors (Lipinski definition) is 4. The van der Waals surface area contributed by atoms with E-state index in [1.54, 1.807) is 19.1 Å². The van der Waals surface area contributed by atoms with Crippen LogP contribution in [0.3, 0.4) is 0 Å². The van der Waals surface area contributed by atoms with E-state index in [4.69, 9.17) is 4.74 Å². The lowest BCUT2D eigenvalue weighted by molar-refractivity contribution is -0.138. The second kappa shape index (κ2) is 5.64. The largest absolute Gasteiger partial charge is 0.463 e. The van der Waals surface area contributed by atoms with Gasteiger partial charge in [-0.05, 0) is 19.4 Å². The van der Waals surface area contributed by atoms with Gasteiger partial charge in [-0.2, -0.15) is 13.1 Å². The van der Waals surface area contributed by atoms with Crippen molar-refractivity contribution in [3.63, 3.8) is 0 Å². The average molecular weight is 296 g/mol. The number of benzene rings is 1. The first-order valence-corrected chi connectivity index (χ1v) is 7.64. The minimum atomic E-state index is -3.66. The van der Waals surface area contributed by atoms with E-state index in [1.165, 1.54) is 6.20 Å². The second-order valence-corrected chi connectivity index (χ2v) is 5.88. The van der Waals surface area contributed by atoms with Crippen LogP contribution in [-0.2, 0) is 19.7 Å². The van der Waals surface area contributed by atoms with Gasteiger partial charge in [0.1, 0.15) is 0 Å². The lowest BCUT2D eigenvalue weighted by Gasteiger charge is -2.25. The van der Waals surface area contributed by atoms with Gasteiger partial charge in [0, 0.05) is 6.20 Å². The van der Waals surface area contributed by atoms with Gasteiger partial charge in [0.25, 0.3) is 10.2 Å². The Morgan fingerprint density at radius 1 is 1.30 bits per heavy atom. The molecular weight excluding hydrogens is 280 g/mol. The fraction of sp³-hybridized carbons (Fsp3) is 0.308. The van der Waals surface area contributed by atoms with Crippen LogP contribution in [0.25, 0.3) is 0 Å². The molecule has 1 atom stereocenters. The van der Waals surface area contributed by atoms with Crippen LogP contribution in [0.15, 0.2) is 36.0 Å². The smallest absolute Gasteiger partial charge is 0.337 e. The molecule has 0 bridgehead atoms. The third kappa shape index (κ3) is 3.17. The topological polar surface area (TPSA) is 84.5 Å². The van der Waals surface area contributed by atoms with Gasteiger partial charge >= 0.3 is 5.97 Å². The summed E-state index contributed by atoms with van der Waals surface area (Å²) in [4.78, 5) is 11.9. The summed E-state index contributed by atoms with van der Waals surface area (Å²) in [5.74, 6) is -0.548. The van der Waals surface area contributed by atoms with E-state index >= 15 is 0 Å². The van der Waals surface area contributed by atoms with Crippen LogP contribution >= 0.6 is 0 Å². The molecule has 0 fully saturated rings. The maximum absolute atomic E-state index is 11.9. The number of esters is 1. The summed E-state index contributed by atoms with van der Waals surface area (Å²) in [5, 5.41) is 0. The highest BCUT2D eigenvalue weighted by Gasteiger charge is 2.31. The summed E-state index contributed by atoms with van der Waals surface area (Å²) >= 11 is 0. The molecule has 7 heteroatoms.